The van der Waals surface area contributed by atoms with Crippen LogP contribution in [0.4, 0.5) is 0 Å². The highest BCUT2D eigenvalue weighted by Crippen LogP contribution is 2.36. The van der Waals surface area contributed by atoms with Crippen LogP contribution < -0.4 is 20.7 Å². The van der Waals surface area contributed by atoms with Crippen LogP contribution in [0.25, 0.3) is 10.4 Å². The number of benzene rings is 3. The van der Waals surface area contributed by atoms with Crippen LogP contribution in [0.5, 0.6) is 5.75 Å². The lowest BCUT2D eigenvalue weighted by Gasteiger charge is -2.35. The Bertz CT molecular complexity index is 3220. The molecule has 3 aromatic carbocycles. The number of rotatable bonds is 32. The summed E-state index contributed by atoms with van der Waals surface area (Å²) >= 11 is 8.18. The van der Waals surface area contributed by atoms with E-state index in [0.29, 0.717) is 87.2 Å². The summed E-state index contributed by atoms with van der Waals surface area (Å²) in [6, 6.07) is 17.3. The van der Waals surface area contributed by atoms with Crippen molar-refractivity contribution < 1.29 is 56.4 Å². The van der Waals surface area contributed by atoms with Crippen molar-refractivity contribution in [3.8, 4) is 16.2 Å². The molecule has 480 valence electrons. The summed E-state index contributed by atoms with van der Waals surface area (Å²) in [6.07, 6.45) is 3.18. The Hall–Kier alpha value is -5.95. The summed E-state index contributed by atoms with van der Waals surface area (Å²) in [4.78, 5) is 72.1. The van der Waals surface area contributed by atoms with Crippen molar-refractivity contribution in [1.82, 2.24) is 40.7 Å². The molecule has 4 N–H and O–H groups in total. The number of nitrogens with zero attached hydrogens (tertiary/aromatic N) is 5. The van der Waals surface area contributed by atoms with Crippen molar-refractivity contribution in [1.29, 1.82) is 0 Å². The second-order valence-electron chi connectivity index (χ2n) is 24.2. The number of ether oxygens (including phenoxy) is 5. The average molecular weight is 1270 g/mol. The predicted molar refractivity (Wildman–Crippen MR) is 339 cm³/mol. The van der Waals surface area contributed by atoms with Crippen molar-refractivity contribution in [3.05, 3.63) is 122 Å². The highest BCUT2D eigenvalue weighted by molar-refractivity contribution is 7.92. The van der Waals surface area contributed by atoms with Crippen LogP contribution in [0.3, 0.4) is 0 Å². The van der Waals surface area contributed by atoms with Crippen LogP contribution in [-0.4, -0.2) is 177 Å². The molecule has 0 unspecified atom stereocenters. The molecule has 3 atom stereocenters. The first-order chi connectivity index (χ1) is 42.0. The van der Waals surface area contributed by atoms with Crippen LogP contribution in [0.1, 0.15) is 125 Å². The third-order valence-corrected chi connectivity index (χ3v) is 19.1. The zero-order chi connectivity index (χ0) is 63.5. The molecular formula is C65H89ClN8O12S2. The van der Waals surface area contributed by atoms with Crippen molar-refractivity contribution in [2.75, 3.05) is 85.6 Å². The van der Waals surface area contributed by atoms with E-state index in [2.05, 4.69) is 49.9 Å². The number of likely N-dealkylation sites (tertiary alicyclic amines) is 2. The standard InChI is InChI=1S/C65H89ClN8O12S2/c1-42(2)86-56-36-52(44(5)32-50(56)34-58-68-38-53(66)54(71-58)33-49-12-10-11-13-57(49)88(80,81)43(3)4)47-18-22-73(23-19-47)40-60(77)67-21-25-83-27-29-85-31-30-84-28-26-82-24-20-59(76)72-62(65(7,8)9)64(79)74-39-51(75)35-55(74)63(78)69-37-46-14-16-48(17-15-46)61-45(6)70-41-87-61/h10-17,32,36,38,41-43,47,51,55,62,75H,18-31,33-35,37,39-40H2,1-9H3,(H,67,77)(H,69,78)(H,72,76)/t51-,55+,62-/m1/s1. The third kappa shape index (κ3) is 20.3. The lowest BCUT2D eigenvalue weighted by molar-refractivity contribution is -0.144. The molecule has 2 aromatic heterocycles. The number of carbonyl (C=O) groups is 4. The second kappa shape index (κ2) is 33.2. The Labute approximate surface area is 528 Å². The number of sulfone groups is 1. The molecule has 2 fully saturated rings. The number of carbonyl (C=O) groups excluding carboxylic acids is 4. The summed E-state index contributed by atoms with van der Waals surface area (Å²) in [5, 5.41) is 19.1. The Kier molecular flexibility index (Phi) is 26.2. The molecule has 7 rings (SSSR count). The van der Waals surface area contributed by atoms with E-state index in [1.807, 2.05) is 77.4 Å². The highest BCUT2D eigenvalue weighted by Gasteiger charge is 2.44. The molecule has 2 aliphatic rings. The van der Waals surface area contributed by atoms with Gasteiger partial charge in [0.25, 0.3) is 0 Å². The smallest absolute Gasteiger partial charge is 0.246 e. The van der Waals surface area contributed by atoms with Crippen LogP contribution in [0, 0.1) is 19.3 Å². The molecule has 23 heteroatoms. The van der Waals surface area contributed by atoms with E-state index in [1.165, 1.54) is 10.5 Å². The molecule has 2 saturated heterocycles. The predicted octanol–water partition coefficient (Wildman–Crippen LogP) is 7.58. The van der Waals surface area contributed by atoms with Gasteiger partial charge >= 0.3 is 0 Å². The molecule has 4 amide bonds. The SMILES string of the molecule is Cc1cc(Cc2ncc(Cl)c(Cc3ccccc3S(=O)(=O)C(C)C)n2)c(OC(C)C)cc1C1CCN(CC(=O)NCCOCCOCCOCCOCCC(=O)N[C@H](C(=O)N2C[C@H](O)C[C@H]2C(=O)NCc2ccc(-c3scnc3C)cc2)C(C)(C)C)CC1. The number of aliphatic hydroxyl groups is 1. The maximum atomic E-state index is 14.0. The molecule has 4 heterocycles. The molecule has 0 radical (unpaired) electrons. The van der Waals surface area contributed by atoms with E-state index in [4.69, 9.17) is 40.3 Å². The number of aliphatic hydroxyl groups excluding tert-OH is 1. The second-order valence-corrected chi connectivity index (χ2v) is 27.9. The minimum Gasteiger partial charge on any atom is -0.491 e. The quantitative estimate of drug-likeness (QED) is 0.0303. The van der Waals surface area contributed by atoms with Gasteiger partial charge in [-0.2, -0.15) is 0 Å². The third-order valence-electron chi connectivity index (χ3n) is 15.5. The van der Waals surface area contributed by atoms with Crippen molar-refractivity contribution in [2.45, 2.75) is 148 Å². The van der Waals surface area contributed by atoms with E-state index in [1.54, 1.807) is 49.6 Å². The Balaban J connectivity index is 0.721. The van der Waals surface area contributed by atoms with Gasteiger partial charge in [-0.05, 0) is 119 Å². The molecule has 0 bridgehead atoms. The lowest BCUT2D eigenvalue weighted by atomic mass is 9.85. The van der Waals surface area contributed by atoms with Gasteiger partial charge in [-0.1, -0.05) is 80.9 Å². The monoisotopic (exact) mass is 1270 g/mol. The maximum Gasteiger partial charge on any atom is 0.246 e. The minimum atomic E-state index is -3.52. The van der Waals surface area contributed by atoms with E-state index in [9.17, 15) is 32.7 Å². The molecule has 0 aliphatic carbocycles. The fourth-order valence-corrected chi connectivity index (χ4v) is 13.0. The zero-order valence-electron chi connectivity index (χ0n) is 52.4. The minimum absolute atomic E-state index is 0.0132. The first-order valence-electron chi connectivity index (χ1n) is 30.5. The first kappa shape index (κ1) is 69.5. The van der Waals surface area contributed by atoms with Crippen LogP contribution >= 0.6 is 22.9 Å². The number of piperidine rings is 1. The number of aryl methyl sites for hydroxylation is 2. The van der Waals surface area contributed by atoms with Crippen molar-refractivity contribution in [3.63, 3.8) is 0 Å². The Morgan fingerprint density at radius 1 is 0.818 bits per heavy atom. The number of thiazole rings is 1. The summed E-state index contributed by atoms with van der Waals surface area (Å²) in [5.41, 5.74) is 8.52. The number of hydrogen-bond donors (Lipinski definition) is 4. The molecule has 0 saturated carbocycles. The summed E-state index contributed by atoms with van der Waals surface area (Å²) < 4.78 is 55.3. The summed E-state index contributed by atoms with van der Waals surface area (Å²) in [5.74, 6) is 0.396. The number of aromatic nitrogens is 3. The van der Waals surface area contributed by atoms with Gasteiger partial charge in [0.1, 0.15) is 23.7 Å². The fourth-order valence-electron chi connectivity index (χ4n) is 10.8. The van der Waals surface area contributed by atoms with Gasteiger partial charge in [0, 0.05) is 57.1 Å². The van der Waals surface area contributed by atoms with Gasteiger partial charge < -0.3 is 49.6 Å². The molecule has 2 aliphatic heterocycles. The topological polar surface area (TPSA) is 250 Å². The number of hydrogen-bond acceptors (Lipinski definition) is 17. The van der Waals surface area contributed by atoms with Gasteiger partial charge in [-0.3, -0.25) is 24.1 Å². The largest absolute Gasteiger partial charge is 0.491 e. The number of halogens is 1. The summed E-state index contributed by atoms with van der Waals surface area (Å²) in [6.45, 7) is 21.9. The number of amides is 4. The van der Waals surface area contributed by atoms with Gasteiger partial charge in [-0.25, -0.2) is 23.4 Å². The normalized spacial score (nSPS) is 16.3. The fraction of sp³-hybridized carbons (Fsp3) is 0.554. The molecule has 88 heavy (non-hydrogen) atoms. The van der Waals surface area contributed by atoms with Gasteiger partial charge in [-0.15, -0.1) is 11.3 Å². The van der Waals surface area contributed by atoms with Gasteiger partial charge in [0.15, 0.2) is 9.84 Å². The van der Waals surface area contributed by atoms with Gasteiger partial charge in [0.05, 0.1) is 109 Å². The maximum absolute atomic E-state index is 14.0. The average Bonchev–Trinajstić information content (AvgIpc) is 3.88. The van der Waals surface area contributed by atoms with Crippen molar-refractivity contribution in [2.24, 2.45) is 5.41 Å². The van der Waals surface area contributed by atoms with Crippen molar-refractivity contribution >= 4 is 56.4 Å². The zero-order valence-corrected chi connectivity index (χ0v) is 54.8. The summed E-state index contributed by atoms with van der Waals surface area (Å²) in [7, 11) is -3.52. The Morgan fingerprint density at radius 2 is 1.48 bits per heavy atom. The van der Waals surface area contributed by atoms with Gasteiger partial charge in [0.2, 0.25) is 23.6 Å². The van der Waals surface area contributed by atoms with Crippen LogP contribution in [-0.2, 0) is 67.3 Å². The van der Waals surface area contributed by atoms with E-state index < -0.39 is 44.6 Å². The highest BCUT2D eigenvalue weighted by atomic mass is 35.5. The molecular weight excluding hydrogens is 1180 g/mol. The van der Waals surface area contributed by atoms with E-state index in [0.717, 1.165) is 64.5 Å². The van der Waals surface area contributed by atoms with Crippen LogP contribution in [0.15, 0.2) is 77.3 Å². The molecule has 5 aromatic rings. The number of β-amino-alcohol motifs (C(OH)–C–C–N with tert-alkyl or cyclic N) is 1. The lowest BCUT2D eigenvalue weighted by Crippen LogP contribution is -2.57. The number of nitrogens with one attached hydrogen (secondary N) is 3. The van der Waals surface area contributed by atoms with E-state index in [-0.39, 0.29) is 74.3 Å². The first-order valence-corrected chi connectivity index (χ1v) is 33.3. The Morgan fingerprint density at radius 3 is 2.11 bits per heavy atom. The molecule has 0 spiro atoms. The van der Waals surface area contributed by atoms with Crippen LogP contribution in [0.2, 0.25) is 5.02 Å². The molecule has 20 nitrogen and oxygen atoms in total. The van der Waals surface area contributed by atoms with E-state index >= 15 is 0 Å².